The van der Waals surface area contributed by atoms with Crippen molar-refractivity contribution in [2.75, 3.05) is 7.11 Å². The van der Waals surface area contributed by atoms with Crippen molar-refractivity contribution in [2.45, 2.75) is 50.6 Å². The second-order valence-electron chi connectivity index (χ2n) is 6.91. The molecule has 0 aromatic heterocycles. The zero-order chi connectivity index (χ0) is 20.7. The number of hydrogen-bond donors (Lipinski definition) is 2. The molecule has 0 unspecified atom stereocenters. The Morgan fingerprint density at radius 1 is 1.11 bits per heavy atom. The third-order valence-electron chi connectivity index (χ3n) is 4.50. The largest absolute Gasteiger partial charge is 0.496 e. The average Bonchev–Trinajstić information content (AvgIpc) is 2.66. The van der Waals surface area contributed by atoms with Crippen LogP contribution in [-0.2, 0) is 21.2 Å². The van der Waals surface area contributed by atoms with Crippen molar-refractivity contribution >= 4 is 15.9 Å². The number of aryl methyl sites for hydroxylation is 2. The van der Waals surface area contributed by atoms with E-state index in [1.165, 1.54) is 31.7 Å². The zero-order valence-corrected chi connectivity index (χ0v) is 17.5. The Morgan fingerprint density at radius 3 is 2.39 bits per heavy atom. The van der Waals surface area contributed by atoms with Crippen LogP contribution >= 0.6 is 0 Å². The predicted molar refractivity (Wildman–Crippen MR) is 110 cm³/mol. The topological polar surface area (TPSA) is 84.5 Å². The van der Waals surface area contributed by atoms with Crippen LogP contribution in [0.1, 0.15) is 31.4 Å². The van der Waals surface area contributed by atoms with Crippen LogP contribution < -0.4 is 14.8 Å². The monoisotopic (exact) mass is 404 g/mol. The third-order valence-corrected chi connectivity index (χ3v) is 6.04. The van der Waals surface area contributed by atoms with Gasteiger partial charge in [-0.3, -0.25) is 4.79 Å². The van der Waals surface area contributed by atoms with Gasteiger partial charge < -0.3 is 10.1 Å². The number of methoxy groups -OCH3 is 1. The van der Waals surface area contributed by atoms with Gasteiger partial charge in [-0.15, -0.1) is 0 Å². The molecule has 0 fully saturated rings. The predicted octanol–water partition coefficient (Wildman–Crippen LogP) is 2.81. The number of benzene rings is 2. The molecule has 0 bridgehead atoms. The van der Waals surface area contributed by atoms with Crippen molar-refractivity contribution in [1.82, 2.24) is 10.0 Å². The fourth-order valence-electron chi connectivity index (χ4n) is 2.84. The van der Waals surface area contributed by atoms with E-state index < -0.39 is 16.1 Å². The summed E-state index contributed by atoms with van der Waals surface area (Å²) in [4.78, 5) is 12.5. The van der Waals surface area contributed by atoms with Crippen molar-refractivity contribution in [3.8, 4) is 5.75 Å². The maximum atomic E-state index is 12.6. The van der Waals surface area contributed by atoms with Gasteiger partial charge in [-0.2, -0.15) is 4.72 Å². The Kier molecular flexibility index (Phi) is 7.60. The lowest BCUT2D eigenvalue weighted by molar-refractivity contribution is -0.123. The second kappa shape index (κ2) is 9.71. The van der Waals surface area contributed by atoms with Gasteiger partial charge in [0.05, 0.1) is 18.0 Å². The SMILES string of the molecule is COc1ccc(S(=O)(=O)N[C@@H](C)C(=O)N[C@@H](C)CCc2ccccc2)cc1C. The molecule has 7 heteroatoms. The number of hydrogen-bond acceptors (Lipinski definition) is 4. The van der Waals surface area contributed by atoms with E-state index in [4.69, 9.17) is 4.74 Å². The summed E-state index contributed by atoms with van der Waals surface area (Å²) < 4.78 is 32.7. The molecule has 2 atom stereocenters. The van der Waals surface area contributed by atoms with Gasteiger partial charge in [0.25, 0.3) is 0 Å². The van der Waals surface area contributed by atoms with Crippen LogP contribution in [0.2, 0.25) is 0 Å². The van der Waals surface area contributed by atoms with E-state index in [-0.39, 0.29) is 16.8 Å². The standard InChI is InChI=1S/C21H28N2O4S/c1-15-14-19(12-13-20(15)27-4)28(25,26)23-17(3)21(24)22-16(2)10-11-18-8-6-5-7-9-18/h5-9,12-14,16-17,23H,10-11H2,1-4H3,(H,22,24)/t16-,17-/m0/s1. The fraction of sp³-hybridized carbons (Fsp3) is 0.381. The summed E-state index contributed by atoms with van der Waals surface area (Å²) in [6.07, 6.45) is 1.61. The first kappa shape index (κ1) is 21.9. The maximum Gasteiger partial charge on any atom is 0.241 e. The molecule has 28 heavy (non-hydrogen) atoms. The molecule has 0 aliphatic heterocycles. The van der Waals surface area contributed by atoms with E-state index in [0.29, 0.717) is 11.3 Å². The Hall–Kier alpha value is -2.38. The van der Waals surface area contributed by atoms with E-state index in [1.807, 2.05) is 37.3 Å². The molecule has 152 valence electrons. The minimum Gasteiger partial charge on any atom is -0.496 e. The molecule has 2 aromatic rings. The first-order valence-electron chi connectivity index (χ1n) is 9.24. The molecule has 2 rings (SSSR count). The highest BCUT2D eigenvalue weighted by Crippen LogP contribution is 2.21. The number of nitrogens with one attached hydrogen (secondary N) is 2. The first-order chi connectivity index (χ1) is 13.2. The lowest BCUT2D eigenvalue weighted by Gasteiger charge is -2.19. The van der Waals surface area contributed by atoms with Gasteiger partial charge in [-0.1, -0.05) is 30.3 Å². The van der Waals surface area contributed by atoms with Crippen LogP contribution in [0.3, 0.4) is 0 Å². The quantitative estimate of drug-likeness (QED) is 0.673. The van der Waals surface area contributed by atoms with Crippen molar-refractivity contribution in [3.05, 3.63) is 59.7 Å². The second-order valence-corrected chi connectivity index (χ2v) is 8.62. The van der Waals surface area contributed by atoms with E-state index in [2.05, 4.69) is 10.0 Å². The molecule has 6 nitrogen and oxygen atoms in total. The molecule has 2 aromatic carbocycles. The van der Waals surface area contributed by atoms with Crippen molar-refractivity contribution in [1.29, 1.82) is 0 Å². The fourth-order valence-corrected chi connectivity index (χ4v) is 4.13. The van der Waals surface area contributed by atoms with Gasteiger partial charge in [0, 0.05) is 6.04 Å². The highest BCUT2D eigenvalue weighted by Gasteiger charge is 2.23. The summed E-state index contributed by atoms with van der Waals surface area (Å²) in [6, 6.07) is 13.6. The molecule has 0 aliphatic rings. The highest BCUT2D eigenvalue weighted by atomic mass is 32.2. The van der Waals surface area contributed by atoms with Gasteiger partial charge in [-0.25, -0.2) is 8.42 Å². The maximum absolute atomic E-state index is 12.6. The van der Waals surface area contributed by atoms with E-state index in [1.54, 1.807) is 13.0 Å². The van der Waals surface area contributed by atoms with E-state index in [0.717, 1.165) is 12.8 Å². The molecule has 0 aliphatic carbocycles. The summed E-state index contributed by atoms with van der Waals surface area (Å²) in [6.45, 7) is 5.21. The number of ether oxygens (including phenoxy) is 1. The van der Waals surface area contributed by atoms with Crippen molar-refractivity contribution in [2.24, 2.45) is 0 Å². The Morgan fingerprint density at radius 2 is 1.79 bits per heavy atom. The van der Waals surface area contributed by atoms with Crippen LogP contribution in [0.15, 0.2) is 53.4 Å². The molecule has 0 saturated heterocycles. The summed E-state index contributed by atoms with van der Waals surface area (Å²) >= 11 is 0. The molecule has 0 spiro atoms. The summed E-state index contributed by atoms with van der Waals surface area (Å²) in [7, 11) is -2.28. The number of rotatable bonds is 9. The highest BCUT2D eigenvalue weighted by molar-refractivity contribution is 7.89. The zero-order valence-electron chi connectivity index (χ0n) is 16.7. The van der Waals surface area contributed by atoms with Crippen molar-refractivity contribution in [3.63, 3.8) is 0 Å². The molecular formula is C21H28N2O4S. The normalized spacial score (nSPS) is 13.6. The minimum atomic E-state index is -3.81. The van der Waals surface area contributed by atoms with Gasteiger partial charge in [0.1, 0.15) is 5.75 Å². The molecule has 0 heterocycles. The van der Waals surface area contributed by atoms with Gasteiger partial charge in [-0.05, 0) is 62.9 Å². The third kappa shape index (κ3) is 6.07. The minimum absolute atomic E-state index is 0.0668. The Balaban J connectivity index is 1.92. The van der Waals surface area contributed by atoms with E-state index in [9.17, 15) is 13.2 Å². The van der Waals surface area contributed by atoms with E-state index >= 15 is 0 Å². The number of carbonyl (C=O) groups excluding carboxylic acids is 1. The van der Waals surface area contributed by atoms with Crippen molar-refractivity contribution < 1.29 is 17.9 Å². The number of carbonyl (C=O) groups is 1. The molecule has 0 saturated carbocycles. The molecule has 2 N–H and O–H groups in total. The lowest BCUT2D eigenvalue weighted by Crippen LogP contribution is -2.47. The van der Waals surface area contributed by atoms with Crippen LogP contribution in [0.25, 0.3) is 0 Å². The van der Waals surface area contributed by atoms with Gasteiger partial charge in [0.2, 0.25) is 15.9 Å². The van der Waals surface area contributed by atoms with Crippen LogP contribution in [0.5, 0.6) is 5.75 Å². The smallest absolute Gasteiger partial charge is 0.241 e. The Bertz CT molecular complexity index is 898. The number of amides is 1. The summed E-state index contributed by atoms with van der Waals surface area (Å²) in [5.74, 6) is 0.256. The average molecular weight is 405 g/mol. The van der Waals surface area contributed by atoms with Crippen LogP contribution in [0.4, 0.5) is 0 Å². The van der Waals surface area contributed by atoms with Gasteiger partial charge in [0.15, 0.2) is 0 Å². The van der Waals surface area contributed by atoms with Gasteiger partial charge >= 0.3 is 0 Å². The molecule has 0 radical (unpaired) electrons. The van der Waals surface area contributed by atoms with Crippen LogP contribution in [-0.4, -0.2) is 33.5 Å². The number of sulfonamides is 1. The summed E-state index contributed by atoms with van der Waals surface area (Å²) in [5.41, 5.74) is 1.91. The lowest BCUT2D eigenvalue weighted by atomic mass is 10.1. The molecule has 1 amide bonds. The summed E-state index contributed by atoms with van der Waals surface area (Å²) in [5, 5.41) is 2.87. The first-order valence-corrected chi connectivity index (χ1v) is 10.7. The van der Waals surface area contributed by atoms with Crippen LogP contribution in [0, 0.1) is 6.92 Å². The Labute approximate surface area is 167 Å². The molecular weight excluding hydrogens is 376 g/mol.